The van der Waals surface area contributed by atoms with Crippen LogP contribution in [0.5, 0.6) is 0 Å². The van der Waals surface area contributed by atoms with E-state index in [0.717, 1.165) is 33.4 Å². The molecule has 1 heterocycles. The molecule has 0 unspecified atom stereocenters. The highest BCUT2D eigenvalue weighted by atomic mass is 127. The van der Waals surface area contributed by atoms with E-state index >= 15 is 0 Å². The van der Waals surface area contributed by atoms with E-state index in [1.807, 2.05) is 33.7 Å². The van der Waals surface area contributed by atoms with Crippen LogP contribution in [0, 0.1) is 15.3 Å². The molecule has 3 aromatic rings. The van der Waals surface area contributed by atoms with E-state index in [1.54, 1.807) is 6.07 Å². The maximum Gasteiger partial charge on any atom is 0.254 e. The van der Waals surface area contributed by atoms with E-state index < -0.39 is 0 Å². The van der Waals surface area contributed by atoms with Gasteiger partial charge in [-0.15, -0.1) is 0 Å². The Kier molecular flexibility index (Phi) is 6.69. The Bertz CT molecular complexity index is 966. The lowest BCUT2D eigenvalue weighted by atomic mass is 10.1. The van der Waals surface area contributed by atoms with Gasteiger partial charge in [-0.05, 0) is 77.4 Å². The number of amides is 1. The van der Waals surface area contributed by atoms with Crippen molar-refractivity contribution in [2.45, 2.75) is 40.3 Å². The summed E-state index contributed by atoms with van der Waals surface area (Å²) in [5.74, 6) is 0.841. The fourth-order valence-corrected chi connectivity index (χ4v) is 3.70. The molecular formula is C22H25FIN3O. The average Bonchev–Trinajstić information content (AvgIpc) is 2.98. The maximum absolute atomic E-state index is 13.8. The molecule has 2 aromatic carbocycles. The second kappa shape index (κ2) is 9.03. The molecule has 6 heteroatoms. The number of hydrogen-bond donors (Lipinski definition) is 0. The van der Waals surface area contributed by atoms with Crippen LogP contribution in [0.15, 0.2) is 42.5 Å². The standard InChI is InChI=1S/C22H25FIN3O/c1-4-11-27-20-12-17(23)7-10-19(20)25-21(27)14-26(13-15(2)3)22(28)16-5-8-18(24)9-6-16/h5-10,12,15H,4,11,13-14H2,1-3H3. The van der Waals surface area contributed by atoms with Gasteiger partial charge in [0.25, 0.3) is 5.91 Å². The van der Waals surface area contributed by atoms with E-state index in [1.165, 1.54) is 12.1 Å². The molecule has 0 bridgehead atoms. The van der Waals surface area contributed by atoms with Crippen molar-refractivity contribution in [2.24, 2.45) is 5.92 Å². The van der Waals surface area contributed by atoms with Crippen molar-refractivity contribution in [3.63, 3.8) is 0 Å². The quantitative estimate of drug-likeness (QED) is 0.409. The third kappa shape index (κ3) is 4.71. The molecule has 0 radical (unpaired) electrons. The summed E-state index contributed by atoms with van der Waals surface area (Å²) in [6.45, 7) is 8.05. The van der Waals surface area contributed by atoms with Crippen LogP contribution in [-0.2, 0) is 13.1 Å². The number of aromatic nitrogens is 2. The third-order valence-corrected chi connectivity index (χ3v) is 5.25. The lowest BCUT2D eigenvalue weighted by molar-refractivity contribution is 0.0716. The van der Waals surface area contributed by atoms with Crippen molar-refractivity contribution in [3.05, 3.63) is 63.2 Å². The molecule has 0 aliphatic rings. The first-order chi connectivity index (χ1) is 13.4. The van der Waals surface area contributed by atoms with Crippen LogP contribution in [-0.4, -0.2) is 26.9 Å². The van der Waals surface area contributed by atoms with Crippen LogP contribution in [0.2, 0.25) is 0 Å². The van der Waals surface area contributed by atoms with Crippen molar-refractivity contribution >= 4 is 39.5 Å². The number of aryl methyl sites for hydroxylation is 1. The second-order valence-electron chi connectivity index (χ2n) is 7.40. The Morgan fingerprint density at radius 3 is 2.57 bits per heavy atom. The van der Waals surface area contributed by atoms with Crippen LogP contribution in [0.3, 0.4) is 0 Å². The first-order valence-corrected chi connectivity index (χ1v) is 10.7. The topological polar surface area (TPSA) is 38.1 Å². The lowest BCUT2D eigenvalue weighted by Crippen LogP contribution is -2.34. The van der Waals surface area contributed by atoms with E-state index in [9.17, 15) is 9.18 Å². The molecule has 0 aliphatic heterocycles. The minimum absolute atomic E-state index is 0.00798. The molecule has 0 atom stereocenters. The van der Waals surface area contributed by atoms with E-state index in [0.29, 0.717) is 24.6 Å². The predicted octanol–water partition coefficient (Wildman–Crippen LogP) is 5.49. The number of carbonyl (C=O) groups is 1. The van der Waals surface area contributed by atoms with Gasteiger partial charge in [0.1, 0.15) is 11.6 Å². The zero-order valence-electron chi connectivity index (χ0n) is 16.5. The smallest absolute Gasteiger partial charge is 0.254 e. The molecule has 28 heavy (non-hydrogen) atoms. The first kappa shape index (κ1) is 20.8. The molecule has 0 fully saturated rings. The van der Waals surface area contributed by atoms with E-state index in [-0.39, 0.29) is 11.7 Å². The van der Waals surface area contributed by atoms with Crippen LogP contribution in [0.25, 0.3) is 11.0 Å². The number of halogens is 2. The highest BCUT2D eigenvalue weighted by Crippen LogP contribution is 2.21. The number of nitrogens with zero attached hydrogens (tertiary/aromatic N) is 3. The van der Waals surface area contributed by atoms with Gasteiger partial charge < -0.3 is 9.47 Å². The van der Waals surface area contributed by atoms with Gasteiger partial charge in [0.05, 0.1) is 17.6 Å². The summed E-state index contributed by atoms with van der Waals surface area (Å²) in [4.78, 5) is 19.7. The normalized spacial score (nSPS) is 11.4. The molecule has 148 valence electrons. The molecule has 0 aliphatic carbocycles. The van der Waals surface area contributed by atoms with Crippen LogP contribution in [0.4, 0.5) is 4.39 Å². The number of imidazole rings is 1. The largest absolute Gasteiger partial charge is 0.331 e. The summed E-state index contributed by atoms with van der Waals surface area (Å²) < 4.78 is 16.9. The Morgan fingerprint density at radius 1 is 1.21 bits per heavy atom. The van der Waals surface area contributed by atoms with Crippen molar-refractivity contribution in [1.29, 1.82) is 0 Å². The number of fused-ring (bicyclic) bond motifs is 1. The van der Waals surface area contributed by atoms with Crippen LogP contribution < -0.4 is 0 Å². The summed E-state index contributed by atoms with van der Waals surface area (Å²) in [5, 5.41) is 0. The van der Waals surface area contributed by atoms with Gasteiger partial charge in [-0.1, -0.05) is 20.8 Å². The Hall–Kier alpha value is -1.96. The summed E-state index contributed by atoms with van der Waals surface area (Å²) >= 11 is 2.23. The van der Waals surface area contributed by atoms with Crippen LogP contribution >= 0.6 is 22.6 Å². The molecule has 0 N–H and O–H groups in total. The second-order valence-corrected chi connectivity index (χ2v) is 8.64. The zero-order valence-corrected chi connectivity index (χ0v) is 18.6. The lowest BCUT2D eigenvalue weighted by Gasteiger charge is -2.25. The van der Waals surface area contributed by atoms with Crippen molar-refractivity contribution in [1.82, 2.24) is 14.5 Å². The van der Waals surface area contributed by atoms with Crippen LogP contribution in [0.1, 0.15) is 43.4 Å². The molecular weight excluding hydrogens is 468 g/mol. The number of benzene rings is 2. The molecule has 4 nitrogen and oxygen atoms in total. The molecule has 1 aromatic heterocycles. The average molecular weight is 493 g/mol. The van der Waals surface area contributed by atoms with Gasteiger partial charge >= 0.3 is 0 Å². The number of hydrogen-bond acceptors (Lipinski definition) is 2. The monoisotopic (exact) mass is 493 g/mol. The number of rotatable bonds is 7. The fourth-order valence-electron chi connectivity index (χ4n) is 3.35. The minimum atomic E-state index is -0.273. The Balaban J connectivity index is 1.97. The van der Waals surface area contributed by atoms with Gasteiger partial charge in [-0.2, -0.15) is 0 Å². The van der Waals surface area contributed by atoms with Crippen molar-refractivity contribution in [2.75, 3.05) is 6.54 Å². The van der Waals surface area contributed by atoms with Gasteiger partial charge in [0.15, 0.2) is 0 Å². The fraction of sp³-hybridized carbons (Fsp3) is 0.364. The number of carbonyl (C=O) groups excluding carboxylic acids is 1. The highest BCUT2D eigenvalue weighted by molar-refractivity contribution is 14.1. The molecule has 0 spiro atoms. The molecule has 0 saturated heterocycles. The SMILES string of the molecule is CCCn1c(CN(CC(C)C)C(=O)c2ccc(I)cc2)nc2ccc(F)cc21. The summed E-state index contributed by atoms with van der Waals surface area (Å²) in [6, 6.07) is 12.3. The zero-order chi connectivity index (χ0) is 20.3. The molecule has 1 amide bonds. The Labute approximate surface area is 178 Å². The predicted molar refractivity (Wildman–Crippen MR) is 119 cm³/mol. The van der Waals surface area contributed by atoms with Crippen molar-refractivity contribution < 1.29 is 9.18 Å². The van der Waals surface area contributed by atoms with Gasteiger partial charge in [-0.25, -0.2) is 9.37 Å². The summed E-state index contributed by atoms with van der Waals surface area (Å²) in [7, 11) is 0. The molecule has 0 saturated carbocycles. The Morgan fingerprint density at radius 2 is 1.93 bits per heavy atom. The van der Waals surface area contributed by atoms with Gasteiger partial charge in [0.2, 0.25) is 0 Å². The maximum atomic E-state index is 13.8. The highest BCUT2D eigenvalue weighted by Gasteiger charge is 2.21. The minimum Gasteiger partial charge on any atom is -0.331 e. The summed E-state index contributed by atoms with van der Waals surface area (Å²) in [5.41, 5.74) is 2.21. The van der Waals surface area contributed by atoms with E-state index in [2.05, 4.69) is 43.4 Å². The first-order valence-electron chi connectivity index (χ1n) is 9.58. The van der Waals surface area contributed by atoms with Crippen molar-refractivity contribution in [3.8, 4) is 0 Å². The third-order valence-electron chi connectivity index (χ3n) is 4.53. The van der Waals surface area contributed by atoms with E-state index in [4.69, 9.17) is 4.98 Å². The summed E-state index contributed by atoms with van der Waals surface area (Å²) in [6.07, 6.45) is 0.907. The van der Waals surface area contributed by atoms with Gasteiger partial charge in [0, 0.05) is 22.2 Å². The van der Waals surface area contributed by atoms with Gasteiger partial charge in [-0.3, -0.25) is 4.79 Å². The molecule has 3 rings (SSSR count).